The highest BCUT2D eigenvalue weighted by Gasteiger charge is 2.27. The highest BCUT2D eigenvalue weighted by molar-refractivity contribution is 7.92. The fourth-order valence-electron chi connectivity index (χ4n) is 3.01. The summed E-state index contributed by atoms with van der Waals surface area (Å²) in [6, 6.07) is 18.1. The van der Waals surface area contributed by atoms with Crippen LogP contribution < -0.4 is 14.4 Å². The molecule has 0 bridgehead atoms. The first-order valence-electron chi connectivity index (χ1n) is 9.51. The Morgan fingerprint density at radius 2 is 1.71 bits per heavy atom. The number of anilines is 2. The van der Waals surface area contributed by atoms with E-state index < -0.39 is 22.5 Å². The Labute approximate surface area is 187 Å². The molecule has 31 heavy (non-hydrogen) atoms. The van der Waals surface area contributed by atoms with E-state index in [-0.39, 0.29) is 4.90 Å². The molecule has 1 N–H and O–H groups in total. The zero-order valence-electron chi connectivity index (χ0n) is 17.4. The SMILES string of the molecule is COc1ccc(Cl)cc1NC(=O)CN(c1ccc(C)c(C)c1)S(=O)(=O)c1ccccc1. The van der Waals surface area contributed by atoms with Crippen LogP contribution in [0.25, 0.3) is 0 Å². The largest absolute Gasteiger partial charge is 0.495 e. The predicted molar refractivity (Wildman–Crippen MR) is 124 cm³/mol. The molecule has 3 aromatic rings. The number of halogens is 1. The summed E-state index contributed by atoms with van der Waals surface area (Å²) in [7, 11) is -2.51. The molecular weight excluding hydrogens is 436 g/mol. The maximum absolute atomic E-state index is 13.4. The molecule has 0 fully saturated rings. The predicted octanol–water partition coefficient (Wildman–Crippen LogP) is 4.80. The maximum Gasteiger partial charge on any atom is 0.264 e. The molecule has 0 aliphatic rings. The third-order valence-electron chi connectivity index (χ3n) is 4.83. The molecule has 0 saturated carbocycles. The number of carbonyl (C=O) groups excluding carboxylic acids is 1. The van der Waals surface area contributed by atoms with Gasteiger partial charge in [-0.3, -0.25) is 9.10 Å². The lowest BCUT2D eigenvalue weighted by atomic mass is 10.1. The third-order valence-corrected chi connectivity index (χ3v) is 6.86. The van der Waals surface area contributed by atoms with Crippen molar-refractivity contribution in [1.29, 1.82) is 0 Å². The average molecular weight is 459 g/mol. The number of aryl methyl sites for hydroxylation is 2. The highest BCUT2D eigenvalue weighted by atomic mass is 35.5. The molecule has 0 aliphatic carbocycles. The quantitative estimate of drug-likeness (QED) is 0.551. The van der Waals surface area contributed by atoms with Gasteiger partial charge in [-0.05, 0) is 67.4 Å². The minimum Gasteiger partial charge on any atom is -0.495 e. The van der Waals surface area contributed by atoms with E-state index in [0.29, 0.717) is 22.1 Å². The number of hydrogen-bond acceptors (Lipinski definition) is 4. The second-order valence-electron chi connectivity index (χ2n) is 6.99. The smallest absolute Gasteiger partial charge is 0.264 e. The molecule has 0 aliphatic heterocycles. The van der Waals surface area contributed by atoms with Crippen LogP contribution in [-0.2, 0) is 14.8 Å². The first-order chi connectivity index (χ1) is 14.7. The zero-order valence-corrected chi connectivity index (χ0v) is 19.0. The van der Waals surface area contributed by atoms with Crippen molar-refractivity contribution in [2.75, 3.05) is 23.3 Å². The summed E-state index contributed by atoms with van der Waals surface area (Å²) in [5.41, 5.74) is 2.70. The van der Waals surface area contributed by atoms with Crippen LogP contribution in [0.5, 0.6) is 5.75 Å². The van der Waals surface area contributed by atoms with Gasteiger partial charge in [0, 0.05) is 5.02 Å². The van der Waals surface area contributed by atoms with Gasteiger partial charge in [0.25, 0.3) is 10.0 Å². The maximum atomic E-state index is 13.4. The van der Waals surface area contributed by atoms with E-state index in [1.165, 1.54) is 19.2 Å². The first-order valence-corrected chi connectivity index (χ1v) is 11.3. The van der Waals surface area contributed by atoms with Crippen LogP contribution in [0, 0.1) is 13.8 Å². The van der Waals surface area contributed by atoms with E-state index in [0.717, 1.165) is 15.4 Å². The Kier molecular flexibility index (Phi) is 6.87. The lowest BCUT2D eigenvalue weighted by molar-refractivity contribution is -0.114. The second-order valence-corrected chi connectivity index (χ2v) is 9.28. The number of nitrogens with one attached hydrogen (secondary N) is 1. The van der Waals surface area contributed by atoms with Gasteiger partial charge in [0.1, 0.15) is 12.3 Å². The summed E-state index contributed by atoms with van der Waals surface area (Å²) in [6.45, 7) is 3.41. The molecule has 8 heteroatoms. The van der Waals surface area contributed by atoms with Crippen molar-refractivity contribution in [2.45, 2.75) is 18.7 Å². The molecule has 6 nitrogen and oxygen atoms in total. The van der Waals surface area contributed by atoms with E-state index >= 15 is 0 Å². The Morgan fingerprint density at radius 1 is 1.00 bits per heavy atom. The van der Waals surface area contributed by atoms with E-state index in [1.54, 1.807) is 48.5 Å². The topological polar surface area (TPSA) is 75.7 Å². The van der Waals surface area contributed by atoms with Gasteiger partial charge in [0.15, 0.2) is 0 Å². The Balaban J connectivity index is 1.98. The van der Waals surface area contributed by atoms with Crippen LogP contribution in [-0.4, -0.2) is 28.0 Å². The van der Waals surface area contributed by atoms with Gasteiger partial charge in [0.05, 0.1) is 23.4 Å². The Bertz CT molecular complexity index is 1200. The van der Waals surface area contributed by atoms with Gasteiger partial charge in [-0.15, -0.1) is 0 Å². The normalized spacial score (nSPS) is 11.1. The summed E-state index contributed by atoms with van der Waals surface area (Å²) < 4.78 is 33.1. The standard InChI is InChI=1S/C23H23ClN2O4S/c1-16-9-11-19(13-17(16)2)26(31(28,29)20-7-5-4-6-8-20)15-23(27)25-21-14-18(24)10-12-22(21)30-3/h4-14H,15H2,1-3H3,(H,25,27). The Morgan fingerprint density at radius 3 is 2.35 bits per heavy atom. The van der Waals surface area contributed by atoms with Gasteiger partial charge in [0.2, 0.25) is 5.91 Å². The van der Waals surface area contributed by atoms with Gasteiger partial charge >= 0.3 is 0 Å². The van der Waals surface area contributed by atoms with Crippen LogP contribution in [0.4, 0.5) is 11.4 Å². The Hall–Kier alpha value is -3.03. The number of ether oxygens (including phenoxy) is 1. The zero-order chi connectivity index (χ0) is 22.6. The van der Waals surface area contributed by atoms with Crippen LogP contribution >= 0.6 is 11.6 Å². The van der Waals surface area contributed by atoms with Crippen molar-refractivity contribution in [3.63, 3.8) is 0 Å². The molecule has 3 aromatic carbocycles. The van der Waals surface area contributed by atoms with Gasteiger partial charge in [-0.2, -0.15) is 0 Å². The van der Waals surface area contributed by atoms with Crippen molar-refractivity contribution < 1.29 is 17.9 Å². The molecule has 0 spiro atoms. The third kappa shape index (κ3) is 5.18. The summed E-state index contributed by atoms with van der Waals surface area (Å²) in [6.07, 6.45) is 0. The number of sulfonamides is 1. The number of nitrogens with zero attached hydrogens (tertiary/aromatic N) is 1. The molecule has 0 aromatic heterocycles. The fourth-order valence-corrected chi connectivity index (χ4v) is 4.62. The van der Waals surface area contributed by atoms with E-state index in [2.05, 4.69) is 5.32 Å². The summed E-state index contributed by atoms with van der Waals surface area (Å²) in [5, 5.41) is 3.11. The number of amides is 1. The second kappa shape index (κ2) is 9.41. The van der Waals surface area contributed by atoms with Crippen LogP contribution in [0.1, 0.15) is 11.1 Å². The van der Waals surface area contributed by atoms with Gasteiger partial charge in [-0.25, -0.2) is 8.42 Å². The first kappa shape index (κ1) is 22.7. The minimum atomic E-state index is -3.98. The summed E-state index contributed by atoms with van der Waals surface area (Å²) in [4.78, 5) is 13.0. The molecule has 0 unspecified atom stereocenters. The molecular formula is C23H23ClN2O4S. The van der Waals surface area contributed by atoms with Crippen LogP contribution in [0.2, 0.25) is 5.02 Å². The average Bonchev–Trinajstić information content (AvgIpc) is 2.75. The van der Waals surface area contributed by atoms with E-state index in [9.17, 15) is 13.2 Å². The van der Waals surface area contributed by atoms with E-state index in [4.69, 9.17) is 16.3 Å². The monoisotopic (exact) mass is 458 g/mol. The minimum absolute atomic E-state index is 0.0985. The van der Waals surface area contributed by atoms with Gasteiger partial charge < -0.3 is 10.1 Å². The molecule has 162 valence electrons. The fraction of sp³-hybridized carbons (Fsp3) is 0.174. The number of rotatable bonds is 7. The molecule has 0 saturated heterocycles. The molecule has 0 radical (unpaired) electrons. The van der Waals surface area contributed by atoms with Crippen LogP contribution in [0.15, 0.2) is 71.6 Å². The lowest BCUT2D eigenvalue weighted by Gasteiger charge is -2.25. The van der Waals surface area contributed by atoms with Crippen molar-refractivity contribution in [2.24, 2.45) is 0 Å². The number of benzene rings is 3. The number of hydrogen-bond donors (Lipinski definition) is 1. The highest BCUT2D eigenvalue weighted by Crippen LogP contribution is 2.29. The van der Waals surface area contributed by atoms with Crippen molar-refractivity contribution in [1.82, 2.24) is 0 Å². The van der Waals surface area contributed by atoms with Crippen molar-refractivity contribution in [3.05, 3.63) is 82.9 Å². The summed E-state index contributed by atoms with van der Waals surface area (Å²) >= 11 is 6.03. The molecule has 0 heterocycles. The van der Waals surface area contributed by atoms with Gasteiger partial charge in [-0.1, -0.05) is 35.9 Å². The van der Waals surface area contributed by atoms with E-state index in [1.807, 2.05) is 19.9 Å². The molecule has 1 amide bonds. The number of carbonyl (C=O) groups is 1. The number of methoxy groups -OCH3 is 1. The molecule has 3 rings (SSSR count). The van der Waals surface area contributed by atoms with Crippen molar-refractivity contribution in [3.8, 4) is 5.75 Å². The van der Waals surface area contributed by atoms with Crippen LogP contribution in [0.3, 0.4) is 0 Å². The lowest BCUT2D eigenvalue weighted by Crippen LogP contribution is -2.38. The van der Waals surface area contributed by atoms with Crippen molar-refractivity contribution >= 4 is 38.9 Å². The molecule has 0 atom stereocenters. The summed E-state index contributed by atoms with van der Waals surface area (Å²) in [5.74, 6) is -0.111.